The number of halogens is 3. The number of carbonyl (C=O) groups excluding carboxylic acids is 3. The monoisotopic (exact) mass is 499 g/mol. The molecule has 4 N–H and O–H groups in total. The highest BCUT2D eigenvalue weighted by Gasteiger charge is 2.48. The number of hydrogen-bond donors (Lipinski definition) is 4. The van der Waals surface area contributed by atoms with E-state index in [1.54, 1.807) is 20.8 Å². The molecule has 35 heavy (non-hydrogen) atoms. The van der Waals surface area contributed by atoms with Crippen LogP contribution in [-0.4, -0.2) is 54.1 Å². The second-order valence-corrected chi connectivity index (χ2v) is 11.5. The summed E-state index contributed by atoms with van der Waals surface area (Å²) in [6, 6.07) is -1.02. The topological polar surface area (TPSA) is 123 Å². The van der Waals surface area contributed by atoms with Gasteiger partial charge in [-0.05, 0) is 49.9 Å². The molecule has 2 saturated carbocycles. The van der Waals surface area contributed by atoms with Gasteiger partial charge in [-0.25, -0.2) is 0 Å². The lowest BCUT2D eigenvalue weighted by Gasteiger charge is -2.33. The highest BCUT2D eigenvalue weighted by Crippen LogP contribution is 2.44. The van der Waals surface area contributed by atoms with Gasteiger partial charge in [-0.2, -0.15) is 18.4 Å². The van der Waals surface area contributed by atoms with Crippen molar-refractivity contribution in [3.8, 4) is 6.07 Å². The van der Waals surface area contributed by atoms with Crippen molar-refractivity contribution >= 4 is 17.7 Å². The van der Waals surface area contributed by atoms with Gasteiger partial charge in [0.15, 0.2) is 0 Å². The van der Waals surface area contributed by atoms with E-state index in [1.807, 2.05) is 6.07 Å². The zero-order valence-electron chi connectivity index (χ0n) is 20.6. The number of nitriles is 1. The summed E-state index contributed by atoms with van der Waals surface area (Å²) >= 11 is 0. The minimum Gasteiger partial charge on any atom is -0.350 e. The van der Waals surface area contributed by atoms with Crippen molar-refractivity contribution in [1.29, 1.82) is 5.26 Å². The molecule has 0 unspecified atom stereocenters. The Labute approximate surface area is 204 Å². The summed E-state index contributed by atoms with van der Waals surface area (Å²) in [5.41, 5.74) is -0.902. The van der Waals surface area contributed by atoms with Gasteiger partial charge in [-0.3, -0.25) is 19.7 Å². The number of rotatable bonds is 10. The van der Waals surface area contributed by atoms with E-state index in [0.717, 1.165) is 32.1 Å². The molecular weight excluding hydrogens is 463 g/mol. The minimum absolute atomic E-state index is 0.0671. The summed E-state index contributed by atoms with van der Waals surface area (Å²) < 4.78 is 38.3. The number of nitrogens with zero attached hydrogens (tertiary/aromatic N) is 1. The molecule has 1 saturated heterocycles. The summed E-state index contributed by atoms with van der Waals surface area (Å²) in [4.78, 5) is 38.5. The standard InChI is InChI=1S/C24H36F3N5O3/c1-22(2,3)18(29-13-24(25,26)27)21(35)31-17(10-14-4-5-14)20(34)30-16(12-28)11-15-6-7-23(8-9-23)32-19(15)33/h14-18,29H,4-11,13H2,1-3H3,(H,30,34)(H,31,35)(H,32,33)/t15-,16-,17-,18+/m0/s1. The molecule has 0 aromatic rings. The fourth-order valence-corrected chi connectivity index (χ4v) is 4.64. The largest absolute Gasteiger partial charge is 0.401 e. The van der Waals surface area contributed by atoms with E-state index < -0.39 is 48.1 Å². The maximum atomic E-state index is 13.1. The maximum Gasteiger partial charge on any atom is 0.401 e. The number of nitrogens with one attached hydrogen (secondary N) is 4. The molecule has 1 spiro atoms. The normalized spacial score (nSPS) is 24.0. The number of piperidine rings is 1. The van der Waals surface area contributed by atoms with Gasteiger partial charge in [-0.1, -0.05) is 33.6 Å². The molecule has 8 nitrogen and oxygen atoms in total. The molecule has 1 heterocycles. The molecule has 11 heteroatoms. The first-order valence-corrected chi connectivity index (χ1v) is 12.3. The second-order valence-electron chi connectivity index (χ2n) is 11.5. The fraction of sp³-hybridized carbons (Fsp3) is 0.833. The Balaban J connectivity index is 1.61. The SMILES string of the molecule is CC(C)(C)[C@H](NCC(F)(F)F)C(=O)N[C@@H](CC1CC1)C(=O)N[C@H](C#N)C[C@@H]1CCC2(CC2)NC1=O. The van der Waals surface area contributed by atoms with E-state index in [4.69, 9.17) is 0 Å². The van der Waals surface area contributed by atoms with Gasteiger partial charge in [0.25, 0.3) is 0 Å². The molecule has 0 radical (unpaired) electrons. The Morgan fingerprint density at radius 2 is 1.74 bits per heavy atom. The fourth-order valence-electron chi connectivity index (χ4n) is 4.64. The Hall–Kier alpha value is -2.35. The van der Waals surface area contributed by atoms with Crippen molar-refractivity contribution in [2.24, 2.45) is 17.3 Å². The highest BCUT2D eigenvalue weighted by atomic mass is 19.4. The average molecular weight is 500 g/mol. The van der Waals surface area contributed by atoms with Crippen molar-refractivity contribution in [1.82, 2.24) is 21.3 Å². The van der Waals surface area contributed by atoms with Crippen LogP contribution >= 0.6 is 0 Å². The van der Waals surface area contributed by atoms with E-state index in [1.165, 1.54) is 0 Å². The first kappa shape index (κ1) is 27.2. The van der Waals surface area contributed by atoms with Gasteiger partial charge in [-0.15, -0.1) is 0 Å². The predicted octanol–water partition coefficient (Wildman–Crippen LogP) is 2.30. The molecular formula is C24H36F3N5O3. The lowest BCUT2D eigenvalue weighted by Crippen LogP contribution is -2.58. The van der Waals surface area contributed by atoms with Crippen molar-refractivity contribution in [2.75, 3.05) is 6.54 Å². The van der Waals surface area contributed by atoms with Crippen molar-refractivity contribution in [3.63, 3.8) is 0 Å². The third-order valence-electron chi connectivity index (χ3n) is 7.11. The van der Waals surface area contributed by atoms with Crippen LogP contribution < -0.4 is 21.3 Å². The van der Waals surface area contributed by atoms with Crippen molar-refractivity contribution in [2.45, 2.75) is 102 Å². The van der Waals surface area contributed by atoms with E-state index >= 15 is 0 Å². The molecule has 3 aliphatic rings. The van der Waals surface area contributed by atoms with Gasteiger partial charge < -0.3 is 16.0 Å². The summed E-state index contributed by atoms with van der Waals surface area (Å²) in [5, 5.41) is 20.2. The molecule has 0 aromatic carbocycles. The van der Waals surface area contributed by atoms with Crippen LogP contribution in [-0.2, 0) is 14.4 Å². The summed E-state index contributed by atoms with van der Waals surface area (Å²) in [6.45, 7) is 3.60. The van der Waals surface area contributed by atoms with Crippen molar-refractivity contribution < 1.29 is 27.6 Å². The molecule has 4 atom stereocenters. The Morgan fingerprint density at radius 3 is 2.23 bits per heavy atom. The Kier molecular flexibility index (Phi) is 8.04. The van der Waals surface area contributed by atoms with Crippen LogP contribution in [0.25, 0.3) is 0 Å². The van der Waals surface area contributed by atoms with E-state index in [0.29, 0.717) is 12.8 Å². The van der Waals surface area contributed by atoms with Gasteiger partial charge in [0, 0.05) is 11.5 Å². The molecule has 0 bridgehead atoms. The van der Waals surface area contributed by atoms with E-state index in [9.17, 15) is 32.8 Å². The molecule has 1 aliphatic heterocycles. The van der Waals surface area contributed by atoms with Crippen LogP contribution in [0.5, 0.6) is 0 Å². The van der Waals surface area contributed by atoms with Crippen LogP contribution in [0.15, 0.2) is 0 Å². The van der Waals surface area contributed by atoms with Gasteiger partial charge >= 0.3 is 6.18 Å². The third-order valence-corrected chi connectivity index (χ3v) is 7.11. The van der Waals surface area contributed by atoms with Gasteiger partial charge in [0.2, 0.25) is 17.7 Å². The Bertz CT molecular complexity index is 856. The minimum atomic E-state index is -4.49. The third kappa shape index (κ3) is 8.09. The first-order chi connectivity index (χ1) is 16.2. The van der Waals surface area contributed by atoms with Crippen LogP contribution in [0, 0.1) is 28.6 Å². The molecule has 3 fully saturated rings. The smallest absolute Gasteiger partial charge is 0.350 e. The quantitative estimate of drug-likeness (QED) is 0.367. The number of hydrogen-bond acceptors (Lipinski definition) is 5. The van der Waals surface area contributed by atoms with Crippen molar-refractivity contribution in [3.05, 3.63) is 0 Å². The molecule has 3 amide bonds. The maximum absolute atomic E-state index is 13.1. The number of carbonyl (C=O) groups is 3. The summed E-state index contributed by atoms with van der Waals surface area (Å²) in [5.74, 6) is -1.50. The van der Waals surface area contributed by atoms with E-state index in [-0.39, 0.29) is 29.7 Å². The lowest BCUT2D eigenvalue weighted by molar-refractivity contribution is -0.137. The summed E-state index contributed by atoms with van der Waals surface area (Å²) in [7, 11) is 0. The first-order valence-electron chi connectivity index (χ1n) is 12.3. The molecule has 3 rings (SSSR count). The van der Waals surface area contributed by atoms with Gasteiger partial charge in [0.1, 0.15) is 12.1 Å². The van der Waals surface area contributed by atoms with E-state index in [2.05, 4.69) is 21.3 Å². The highest BCUT2D eigenvalue weighted by molar-refractivity contribution is 5.90. The molecule has 2 aliphatic carbocycles. The lowest BCUT2D eigenvalue weighted by atomic mass is 9.85. The van der Waals surface area contributed by atoms with Crippen LogP contribution in [0.2, 0.25) is 0 Å². The number of alkyl halides is 3. The Morgan fingerprint density at radius 1 is 1.09 bits per heavy atom. The second kappa shape index (κ2) is 10.3. The average Bonchev–Trinajstić information content (AvgIpc) is 3.65. The molecule has 0 aromatic heterocycles. The van der Waals surface area contributed by atoms with Crippen LogP contribution in [0.4, 0.5) is 13.2 Å². The van der Waals surface area contributed by atoms with Gasteiger partial charge in [0.05, 0.1) is 18.7 Å². The van der Waals surface area contributed by atoms with Crippen LogP contribution in [0.1, 0.15) is 72.1 Å². The predicted molar refractivity (Wildman–Crippen MR) is 122 cm³/mol. The number of amides is 3. The summed E-state index contributed by atoms with van der Waals surface area (Å²) in [6.07, 6.45) is 1.29. The zero-order chi connectivity index (χ0) is 26.0. The molecule has 196 valence electrons. The zero-order valence-corrected chi connectivity index (χ0v) is 20.6. The van der Waals surface area contributed by atoms with Crippen LogP contribution in [0.3, 0.4) is 0 Å².